The SMILES string of the molecule is Cc1cc(NCCc2cccs2)ccc1C(=O)O. The molecule has 4 heteroatoms. The Bertz CT molecular complexity index is 535. The van der Waals surface area contributed by atoms with E-state index in [1.165, 1.54) is 4.88 Å². The van der Waals surface area contributed by atoms with Crippen LogP contribution in [0, 0.1) is 6.92 Å². The summed E-state index contributed by atoms with van der Waals surface area (Å²) in [5, 5.41) is 14.3. The Morgan fingerprint density at radius 2 is 2.22 bits per heavy atom. The molecule has 94 valence electrons. The molecule has 0 aliphatic carbocycles. The van der Waals surface area contributed by atoms with E-state index in [0.29, 0.717) is 5.56 Å². The second kappa shape index (κ2) is 5.69. The molecule has 2 aromatic rings. The number of hydrogen-bond donors (Lipinski definition) is 2. The van der Waals surface area contributed by atoms with E-state index in [2.05, 4.69) is 16.8 Å². The molecule has 0 fully saturated rings. The lowest BCUT2D eigenvalue weighted by Gasteiger charge is -2.08. The molecule has 2 N–H and O–H groups in total. The summed E-state index contributed by atoms with van der Waals surface area (Å²) in [5.41, 5.74) is 2.11. The van der Waals surface area contributed by atoms with Gasteiger partial charge in [0.25, 0.3) is 0 Å². The van der Waals surface area contributed by atoms with E-state index < -0.39 is 5.97 Å². The molecule has 1 heterocycles. The van der Waals surface area contributed by atoms with Gasteiger partial charge in [0.15, 0.2) is 0 Å². The van der Waals surface area contributed by atoms with Crippen LogP contribution in [0.1, 0.15) is 20.8 Å². The highest BCUT2D eigenvalue weighted by atomic mass is 32.1. The molecular weight excluding hydrogens is 246 g/mol. The van der Waals surface area contributed by atoms with Gasteiger partial charge in [0, 0.05) is 17.1 Å². The lowest BCUT2D eigenvalue weighted by molar-refractivity contribution is 0.0696. The van der Waals surface area contributed by atoms with Crippen LogP contribution in [-0.4, -0.2) is 17.6 Å². The number of carbonyl (C=O) groups is 1. The highest BCUT2D eigenvalue weighted by molar-refractivity contribution is 7.09. The van der Waals surface area contributed by atoms with Crippen molar-refractivity contribution < 1.29 is 9.90 Å². The van der Waals surface area contributed by atoms with E-state index >= 15 is 0 Å². The molecule has 0 spiro atoms. The maximum Gasteiger partial charge on any atom is 0.335 e. The van der Waals surface area contributed by atoms with Crippen LogP contribution in [0.5, 0.6) is 0 Å². The standard InChI is InChI=1S/C14H15NO2S/c1-10-9-11(4-5-13(10)14(16)17)15-7-6-12-3-2-8-18-12/h2-5,8-9,15H,6-7H2,1H3,(H,16,17). The number of aryl methyl sites for hydroxylation is 1. The van der Waals surface area contributed by atoms with Crippen molar-refractivity contribution in [2.45, 2.75) is 13.3 Å². The lowest BCUT2D eigenvalue weighted by Crippen LogP contribution is -2.05. The van der Waals surface area contributed by atoms with Crippen LogP contribution < -0.4 is 5.32 Å². The molecule has 0 aliphatic rings. The molecule has 18 heavy (non-hydrogen) atoms. The normalized spacial score (nSPS) is 10.3. The predicted molar refractivity (Wildman–Crippen MR) is 74.7 cm³/mol. The Morgan fingerprint density at radius 3 is 2.83 bits per heavy atom. The van der Waals surface area contributed by atoms with Gasteiger partial charge < -0.3 is 10.4 Å². The van der Waals surface area contributed by atoms with Crippen LogP contribution in [0.25, 0.3) is 0 Å². The van der Waals surface area contributed by atoms with Gasteiger partial charge in [0.2, 0.25) is 0 Å². The van der Waals surface area contributed by atoms with Gasteiger partial charge in [-0.15, -0.1) is 11.3 Å². The van der Waals surface area contributed by atoms with E-state index in [4.69, 9.17) is 5.11 Å². The maximum absolute atomic E-state index is 10.9. The molecular formula is C14H15NO2S. The second-order valence-electron chi connectivity index (χ2n) is 4.09. The lowest BCUT2D eigenvalue weighted by atomic mass is 10.1. The monoisotopic (exact) mass is 261 g/mol. The van der Waals surface area contributed by atoms with Crippen molar-refractivity contribution in [2.75, 3.05) is 11.9 Å². The van der Waals surface area contributed by atoms with Crippen molar-refractivity contribution in [3.05, 3.63) is 51.7 Å². The van der Waals surface area contributed by atoms with Crippen molar-refractivity contribution in [1.82, 2.24) is 0 Å². The van der Waals surface area contributed by atoms with Gasteiger partial charge in [0.1, 0.15) is 0 Å². The first-order valence-electron chi connectivity index (χ1n) is 5.77. The number of rotatable bonds is 5. The first-order valence-corrected chi connectivity index (χ1v) is 6.65. The number of thiophene rings is 1. The summed E-state index contributed by atoms with van der Waals surface area (Å²) < 4.78 is 0. The minimum absolute atomic E-state index is 0.360. The predicted octanol–water partition coefficient (Wildman–Crippen LogP) is 3.41. The largest absolute Gasteiger partial charge is 0.478 e. The highest BCUT2D eigenvalue weighted by Crippen LogP contribution is 2.16. The number of carboxylic acid groups (broad SMARTS) is 1. The number of carboxylic acids is 1. The summed E-state index contributed by atoms with van der Waals surface area (Å²) in [6.45, 7) is 2.67. The zero-order valence-electron chi connectivity index (χ0n) is 10.1. The zero-order valence-corrected chi connectivity index (χ0v) is 11.0. The summed E-state index contributed by atoms with van der Waals surface area (Å²) in [6.07, 6.45) is 0.984. The zero-order chi connectivity index (χ0) is 13.0. The van der Waals surface area contributed by atoms with Crippen molar-refractivity contribution >= 4 is 23.0 Å². The van der Waals surface area contributed by atoms with Crippen LogP contribution in [0.15, 0.2) is 35.7 Å². The third-order valence-corrected chi connectivity index (χ3v) is 3.67. The first kappa shape index (κ1) is 12.6. The van der Waals surface area contributed by atoms with Crippen molar-refractivity contribution in [3.8, 4) is 0 Å². The fourth-order valence-corrected chi connectivity index (χ4v) is 2.51. The molecule has 0 saturated carbocycles. The minimum Gasteiger partial charge on any atom is -0.478 e. The number of hydrogen-bond acceptors (Lipinski definition) is 3. The van der Waals surface area contributed by atoms with Gasteiger partial charge in [-0.1, -0.05) is 6.07 Å². The summed E-state index contributed by atoms with van der Waals surface area (Å²) in [7, 11) is 0. The Labute approximate surface area is 110 Å². The van der Waals surface area contributed by atoms with Crippen molar-refractivity contribution in [2.24, 2.45) is 0 Å². The van der Waals surface area contributed by atoms with E-state index in [9.17, 15) is 4.79 Å². The average Bonchev–Trinajstić information content (AvgIpc) is 2.81. The second-order valence-corrected chi connectivity index (χ2v) is 5.12. The van der Waals surface area contributed by atoms with Crippen LogP contribution >= 0.6 is 11.3 Å². The molecule has 3 nitrogen and oxygen atoms in total. The van der Waals surface area contributed by atoms with E-state index in [0.717, 1.165) is 24.2 Å². The molecule has 0 radical (unpaired) electrons. The quantitative estimate of drug-likeness (QED) is 0.867. The Kier molecular flexibility index (Phi) is 3.99. The van der Waals surface area contributed by atoms with Crippen LogP contribution in [0.4, 0.5) is 5.69 Å². The Hall–Kier alpha value is -1.81. The number of benzene rings is 1. The van der Waals surface area contributed by atoms with E-state index in [1.54, 1.807) is 17.4 Å². The molecule has 0 atom stereocenters. The molecule has 0 unspecified atom stereocenters. The van der Waals surface area contributed by atoms with Gasteiger partial charge in [0.05, 0.1) is 5.56 Å². The summed E-state index contributed by atoms with van der Waals surface area (Å²) in [4.78, 5) is 12.2. The van der Waals surface area contributed by atoms with Gasteiger partial charge in [-0.25, -0.2) is 4.79 Å². The highest BCUT2D eigenvalue weighted by Gasteiger charge is 2.06. The third kappa shape index (κ3) is 3.11. The molecule has 1 aromatic heterocycles. The minimum atomic E-state index is -0.877. The third-order valence-electron chi connectivity index (χ3n) is 2.74. The molecule has 0 amide bonds. The molecule has 0 saturated heterocycles. The number of anilines is 1. The fourth-order valence-electron chi connectivity index (χ4n) is 1.80. The Morgan fingerprint density at radius 1 is 1.39 bits per heavy atom. The average molecular weight is 261 g/mol. The van der Waals surface area contributed by atoms with Gasteiger partial charge in [-0.05, 0) is 48.6 Å². The fraction of sp³-hybridized carbons (Fsp3) is 0.214. The molecule has 0 bridgehead atoms. The van der Waals surface area contributed by atoms with Crippen LogP contribution in [-0.2, 0) is 6.42 Å². The van der Waals surface area contributed by atoms with Gasteiger partial charge >= 0.3 is 5.97 Å². The van der Waals surface area contributed by atoms with Crippen LogP contribution in [0.3, 0.4) is 0 Å². The van der Waals surface area contributed by atoms with Gasteiger partial charge in [-0.3, -0.25) is 0 Å². The van der Waals surface area contributed by atoms with E-state index in [1.807, 2.05) is 25.1 Å². The van der Waals surface area contributed by atoms with E-state index in [-0.39, 0.29) is 0 Å². The number of nitrogens with one attached hydrogen (secondary N) is 1. The summed E-state index contributed by atoms with van der Waals surface area (Å²) in [6, 6.07) is 9.49. The summed E-state index contributed by atoms with van der Waals surface area (Å²) >= 11 is 1.75. The summed E-state index contributed by atoms with van der Waals surface area (Å²) in [5.74, 6) is -0.877. The molecule has 2 rings (SSSR count). The van der Waals surface area contributed by atoms with Crippen molar-refractivity contribution in [3.63, 3.8) is 0 Å². The molecule has 1 aromatic carbocycles. The maximum atomic E-state index is 10.9. The Balaban J connectivity index is 1.94. The molecule has 0 aliphatic heterocycles. The van der Waals surface area contributed by atoms with Crippen molar-refractivity contribution in [1.29, 1.82) is 0 Å². The first-order chi connectivity index (χ1) is 8.66. The van der Waals surface area contributed by atoms with Gasteiger partial charge in [-0.2, -0.15) is 0 Å². The number of aromatic carboxylic acids is 1. The topological polar surface area (TPSA) is 49.3 Å². The smallest absolute Gasteiger partial charge is 0.335 e. The van der Waals surface area contributed by atoms with Crippen LogP contribution in [0.2, 0.25) is 0 Å².